The predicted octanol–water partition coefficient (Wildman–Crippen LogP) is 4.51. The van der Waals surface area contributed by atoms with E-state index in [0.717, 1.165) is 4.47 Å². The highest BCUT2D eigenvalue weighted by atomic mass is 79.9. The van der Waals surface area contributed by atoms with Crippen LogP contribution < -0.4 is 10.1 Å². The number of halogens is 2. The van der Waals surface area contributed by atoms with E-state index >= 15 is 0 Å². The fourth-order valence-electron chi connectivity index (χ4n) is 1.79. The molecule has 1 atom stereocenters. The smallest absolute Gasteiger partial charge is 0.131 e. The molecule has 1 heterocycles. The SMILES string of the molecule is COc1ccc(C(C)NCc2sccc2Br)c(F)c1. The highest BCUT2D eigenvalue weighted by Crippen LogP contribution is 2.25. The van der Waals surface area contributed by atoms with Crippen LogP contribution in [0.2, 0.25) is 0 Å². The molecule has 0 amide bonds. The lowest BCUT2D eigenvalue weighted by atomic mass is 10.1. The summed E-state index contributed by atoms with van der Waals surface area (Å²) in [6, 6.07) is 6.90. The summed E-state index contributed by atoms with van der Waals surface area (Å²) in [5, 5.41) is 5.35. The zero-order chi connectivity index (χ0) is 13.8. The fraction of sp³-hybridized carbons (Fsp3) is 0.286. The van der Waals surface area contributed by atoms with Gasteiger partial charge in [-0.05, 0) is 40.4 Å². The summed E-state index contributed by atoms with van der Waals surface area (Å²) < 4.78 is 20.0. The van der Waals surface area contributed by atoms with Gasteiger partial charge in [0.1, 0.15) is 11.6 Å². The minimum atomic E-state index is -0.246. The Kier molecular flexibility index (Phi) is 4.96. The summed E-state index contributed by atoms with van der Waals surface area (Å²) >= 11 is 5.16. The number of thiophene rings is 1. The first-order valence-corrected chi connectivity index (χ1v) is 7.57. The minimum Gasteiger partial charge on any atom is -0.497 e. The summed E-state index contributed by atoms with van der Waals surface area (Å²) in [6.45, 7) is 2.66. The Bertz CT molecular complexity index is 558. The molecule has 0 bridgehead atoms. The molecule has 0 spiro atoms. The molecule has 0 saturated heterocycles. The second-order valence-corrected chi connectivity index (χ2v) is 6.04. The van der Waals surface area contributed by atoms with Crippen molar-refractivity contribution in [1.29, 1.82) is 0 Å². The van der Waals surface area contributed by atoms with Crippen LogP contribution in [0.25, 0.3) is 0 Å². The molecule has 0 saturated carbocycles. The molecule has 2 aromatic rings. The summed E-state index contributed by atoms with van der Waals surface area (Å²) in [5.74, 6) is 0.291. The largest absolute Gasteiger partial charge is 0.497 e. The molecule has 0 fully saturated rings. The number of methoxy groups -OCH3 is 1. The molecule has 0 radical (unpaired) electrons. The first-order chi connectivity index (χ1) is 9.11. The van der Waals surface area contributed by atoms with E-state index in [0.29, 0.717) is 17.9 Å². The molecular weight excluding hydrogens is 329 g/mol. The van der Waals surface area contributed by atoms with Crippen LogP contribution in [0.1, 0.15) is 23.4 Å². The molecule has 102 valence electrons. The quantitative estimate of drug-likeness (QED) is 0.862. The van der Waals surface area contributed by atoms with Crippen molar-refractivity contribution in [3.8, 4) is 5.75 Å². The van der Waals surface area contributed by atoms with Crippen molar-refractivity contribution in [2.24, 2.45) is 0 Å². The van der Waals surface area contributed by atoms with E-state index in [1.165, 1.54) is 18.1 Å². The molecular formula is C14H15BrFNOS. The summed E-state index contributed by atoms with van der Waals surface area (Å²) in [5.41, 5.74) is 0.647. The first-order valence-electron chi connectivity index (χ1n) is 5.90. The third-order valence-corrected chi connectivity index (χ3v) is 4.86. The van der Waals surface area contributed by atoms with Crippen LogP contribution in [0.5, 0.6) is 5.75 Å². The van der Waals surface area contributed by atoms with Crippen molar-refractivity contribution in [3.05, 3.63) is 50.4 Å². The average molecular weight is 344 g/mol. The number of hydrogen-bond acceptors (Lipinski definition) is 3. The third kappa shape index (κ3) is 3.55. The Labute approximate surface area is 124 Å². The third-order valence-electron chi connectivity index (χ3n) is 2.93. The van der Waals surface area contributed by atoms with Gasteiger partial charge in [0.15, 0.2) is 0 Å². The van der Waals surface area contributed by atoms with Crippen LogP contribution >= 0.6 is 27.3 Å². The molecule has 1 unspecified atom stereocenters. The maximum absolute atomic E-state index is 13.9. The van der Waals surface area contributed by atoms with Gasteiger partial charge in [-0.1, -0.05) is 6.07 Å². The highest BCUT2D eigenvalue weighted by molar-refractivity contribution is 9.10. The van der Waals surface area contributed by atoms with Crippen molar-refractivity contribution in [3.63, 3.8) is 0 Å². The van der Waals surface area contributed by atoms with Gasteiger partial charge in [-0.25, -0.2) is 4.39 Å². The van der Waals surface area contributed by atoms with E-state index in [9.17, 15) is 4.39 Å². The molecule has 19 heavy (non-hydrogen) atoms. The first kappa shape index (κ1) is 14.5. The zero-order valence-electron chi connectivity index (χ0n) is 10.7. The Balaban J connectivity index is 2.03. The molecule has 0 aliphatic heterocycles. The van der Waals surface area contributed by atoms with Crippen LogP contribution in [0.3, 0.4) is 0 Å². The highest BCUT2D eigenvalue weighted by Gasteiger charge is 2.12. The lowest BCUT2D eigenvalue weighted by Crippen LogP contribution is -2.18. The maximum Gasteiger partial charge on any atom is 0.131 e. The number of ether oxygens (including phenoxy) is 1. The van der Waals surface area contributed by atoms with Crippen molar-refractivity contribution in [2.75, 3.05) is 7.11 Å². The fourth-order valence-corrected chi connectivity index (χ4v) is 3.24. The van der Waals surface area contributed by atoms with Crippen LogP contribution in [-0.4, -0.2) is 7.11 Å². The molecule has 1 N–H and O–H groups in total. The van der Waals surface area contributed by atoms with Crippen molar-refractivity contribution in [1.82, 2.24) is 5.32 Å². The molecule has 0 aliphatic rings. The maximum atomic E-state index is 13.9. The lowest BCUT2D eigenvalue weighted by Gasteiger charge is -2.15. The Morgan fingerprint density at radius 2 is 2.21 bits per heavy atom. The molecule has 5 heteroatoms. The van der Waals surface area contributed by atoms with Gasteiger partial charge >= 0.3 is 0 Å². The van der Waals surface area contributed by atoms with Gasteiger partial charge in [-0.2, -0.15) is 0 Å². The molecule has 1 aromatic carbocycles. The summed E-state index contributed by atoms with van der Waals surface area (Å²) in [7, 11) is 1.53. The number of rotatable bonds is 5. The van der Waals surface area contributed by atoms with Gasteiger partial charge in [0.2, 0.25) is 0 Å². The number of hydrogen-bond donors (Lipinski definition) is 1. The lowest BCUT2D eigenvalue weighted by molar-refractivity contribution is 0.409. The minimum absolute atomic E-state index is 0.0556. The second kappa shape index (κ2) is 6.50. The van der Waals surface area contributed by atoms with Crippen LogP contribution in [-0.2, 0) is 6.54 Å². The Hall–Kier alpha value is -0.910. The van der Waals surface area contributed by atoms with Crippen molar-refractivity contribution in [2.45, 2.75) is 19.5 Å². The zero-order valence-corrected chi connectivity index (χ0v) is 13.1. The van der Waals surface area contributed by atoms with E-state index in [1.807, 2.05) is 18.4 Å². The summed E-state index contributed by atoms with van der Waals surface area (Å²) in [6.07, 6.45) is 0. The van der Waals surface area contributed by atoms with Gasteiger partial charge in [0.25, 0.3) is 0 Å². The van der Waals surface area contributed by atoms with E-state index in [1.54, 1.807) is 23.5 Å². The number of nitrogens with one attached hydrogen (secondary N) is 1. The predicted molar refractivity (Wildman–Crippen MR) is 80.2 cm³/mol. The van der Waals surface area contributed by atoms with Gasteiger partial charge < -0.3 is 10.1 Å². The van der Waals surface area contributed by atoms with E-state index in [4.69, 9.17) is 4.74 Å². The monoisotopic (exact) mass is 343 g/mol. The molecule has 1 aromatic heterocycles. The van der Waals surface area contributed by atoms with Crippen LogP contribution in [0, 0.1) is 5.82 Å². The van der Waals surface area contributed by atoms with Gasteiger partial charge in [0, 0.05) is 33.6 Å². The van der Waals surface area contributed by atoms with E-state index < -0.39 is 0 Å². The second-order valence-electron chi connectivity index (χ2n) is 4.18. The summed E-state index contributed by atoms with van der Waals surface area (Å²) in [4.78, 5) is 1.21. The Morgan fingerprint density at radius 1 is 1.42 bits per heavy atom. The van der Waals surface area contributed by atoms with E-state index in [-0.39, 0.29) is 11.9 Å². The van der Waals surface area contributed by atoms with Gasteiger partial charge in [0.05, 0.1) is 7.11 Å². The molecule has 0 aliphatic carbocycles. The van der Waals surface area contributed by atoms with Crippen LogP contribution in [0.15, 0.2) is 34.1 Å². The van der Waals surface area contributed by atoms with Crippen molar-refractivity contribution >= 4 is 27.3 Å². The topological polar surface area (TPSA) is 21.3 Å². The van der Waals surface area contributed by atoms with Crippen molar-refractivity contribution < 1.29 is 9.13 Å². The van der Waals surface area contributed by atoms with Crippen LogP contribution in [0.4, 0.5) is 4.39 Å². The Morgan fingerprint density at radius 3 is 2.79 bits per heavy atom. The number of benzene rings is 1. The normalized spacial score (nSPS) is 12.4. The molecule has 2 nitrogen and oxygen atoms in total. The average Bonchev–Trinajstić information content (AvgIpc) is 2.81. The van der Waals surface area contributed by atoms with Gasteiger partial charge in [-0.15, -0.1) is 11.3 Å². The molecule has 2 rings (SSSR count). The van der Waals surface area contributed by atoms with Gasteiger partial charge in [-0.3, -0.25) is 0 Å². The standard InChI is InChI=1S/C14H15BrFNOS/c1-9(17-8-14-12(15)5-6-19-14)11-4-3-10(18-2)7-13(11)16/h3-7,9,17H,8H2,1-2H3. The van der Waals surface area contributed by atoms with E-state index in [2.05, 4.69) is 21.2 Å².